The largest absolute Gasteiger partial charge is 0.462 e. The van der Waals surface area contributed by atoms with Crippen LogP contribution in [0.5, 0.6) is 0 Å². The van der Waals surface area contributed by atoms with Crippen LogP contribution >= 0.6 is 15.9 Å². The normalized spacial score (nSPS) is 12.1. The lowest BCUT2D eigenvalue weighted by molar-refractivity contribution is -0.149. The lowest BCUT2D eigenvalue weighted by atomic mass is 10.1. The quantitative estimate of drug-likeness (QED) is 0.116. The van der Waals surface area contributed by atoms with Crippen LogP contribution in [-0.4, -0.2) is 17.4 Å². The van der Waals surface area contributed by atoms with Crippen LogP contribution in [0.15, 0.2) is 12.7 Å². The Balaban J connectivity index is 3.70. The first kappa shape index (κ1) is 22.7. The molecule has 0 rings (SSSR count). The maximum Gasteiger partial charge on any atom is 0.306 e. The number of unbranched alkanes of at least 4 members (excludes halogenated alkanes) is 9. The number of hydrogen-bond donors (Lipinski definition) is 0. The molecular weight excluding hydrogens is 352 g/mol. The van der Waals surface area contributed by atoms with Gasteiger partial charge < -0.3 is 4.74 Å². The number of rotatable bonds is 17. The summed E-state index contributed by atoms with van der Waals surface area (Å²) in [6, 6.07) is 0. The molecule has 0 radical (unpaired) electrons. The summed E-state index contributed by atoms with van der Waals surface area (Å²) < 4.78 is 5.63. The molecule has 23 heavy (non-hydrogen) atoms. The van der Waals surface area contributed by atoms with Gasteiger partial charge in [0.1, 0.15) is 6.10 Å². The van der Waals surface area contributed by atoms with Crippen molar-refractivity contribution in [1.29, 1.82) is 0 Å². The Bertz CT molecular complexity index is 279. The molecule has 0 aromatic rings. The van der Waals surface area contributed by atoms with Crippen molar-refractivity contribution in [3.8, 4) is 0 Å². The Morgan fingerprint density at radius 2 is 1.61 bits per heavy atom. The first-order chi connectivity index (χ1) is 11.2. The fourth-order valence-electron chi connectivity index (χ4n) is 2.70. The van der Waals surface area contributed by atoms with Gasteiger partial charge in [-0.2, -0.15) is 0 Å². The second-order valence-corrected chi connectivity index (χ2v) is 7.19. The summed E-state index contributed by atoms with van der Waals surface area (Å²) in [7, 11) is 0. The minimum atomic E-state index is -0.0247. The lowest BCUT2D eigenvalue weighted by Gasteiger charge is -2.16. The fraction of sp³-hybridized carbons (Fsp3) is 0.850. The third kappa shape index (κ3) is 16.3. The highest BCUT2D eigenvalue weighted by Gasteiger charge is 2.12. The predicted octanol–water partition coefficient (Wildman–Crippen LogP) is 6.96. The van der Waals surface area contributed by atoms with Crippen molar-refractivity contribution in [2.24, 2.45) is 0 Å². The standard InChI is InChI=1S/C20H37BrO2/c1-3-5-6-7-9-12-16-19(15-4-2)23-20(22)17-13-10-8-11-14-18-21/h4,19H,2-3,5-18H2,1H3. The van der Waals surface area contributed by atoms with Crippen molar-refractivity contribution in [2.45, 2.75) is 103 Å². The van der Waals surface area contributed by atoms with E-state index in [-0.39, 0.29) is 12.1 Å². The summed E-state index contributed by atoms with van der Waals surface area (Å²) in [6.45, 7) is 6.02. The number of halogens is 1. The van der Waals surface area contributed by atoms with Gasteiger partial charge in [-0.05, 0) is 25.7 Å². The molecule has 1 unspecified atom stereocenters. The van der Waals surface area contributed by atoms with Crippen LogP contribution in [0.2, 0.25) is 0 Å². The van der Waals surface area contributed by atoms with Gasteiger partial charge in [-0.25, -0.2) is 0 Å². The van der Waals surface area contributed by atoms with E-state index in [1.54, 1.807) is 0 Å². The van der Waals surface area contributed by atoms with Crippen molar-refractivity contribution in [3.63, 3.8) is 0 Å². The van der Waals surface area contributed by atoms with E-state index < -0.39 is 0 Å². The van der Waals surface area contributed by atoms with E-state index in [0.29, 0.717) is 6.42 Å². The number of hydrogen-bond acceptors (Lipinski definition) is 2. The number of carbonyl (C=O) groups is 1. The molecule has 1 atom stereocenters. The summed E-state index contributed by atoms with van der Waals surface area (Å²) in [6.07, 6.45) is 17.7. The summed E-state index contributed by atoms with van der Waals surface area (Å²) >= 11 is 3.44. The van der Waals surface area contributed by atoms with E-state index in [2.05, 4.69) is 29.4 Å². The molecule has 0 spiro atoms. The van der Waals surface area contributed by atoms with Gasteiger partial charge in [0.25, 0.3) is 0 Å². The Morgan fingerprint density at radius 3 is 2.26 bits per heavy atom. The molecule has 0 aromatic heterocycles. The minimum Gasteiger partial charge on any atom is -0.462 e. The number of carbonyl (C=O) groups excluding carboxylic acids is 1. The van der Waals surface area contributed by atoms with Gasteiger partial charge >= 0.3 is 5.97 Å². The molecule has 0 aliphatic rings. The highest BCUT2D eigenvalue weighted by Crippen LogP contribution is 2.15. The average Bonchev–Trinajstić information content (AvgIpc) is 2.54. The van der Waals surface area contributed by atoms with E-state index in [1.807, 2.05) is 6.08 Å². The summed E-state index contributed by atoms with van der Waals surface area (Å²) in [5.74, 6) is -0.0247. The van der Waals surface area contributed by atoms with Crippen molar-refractivity contribution in [1.82, 2.24) is 0 Å². The third-order valence-corrected chi connectivity index (χ3v) is 4.68. The van der Waals surface area contributed by atoms with Crippen LogP contribution < -0.4 is 0 Å². The van der Waals surface area contributed by atoms with E-state index in [4.69, 9.17) is 4.74 Å². The summed E-state index contributed by atoms with van der Waals surface area (Å²) in [5.41, 5.74) is 0. The van der Waals surface area contributed by atoms with Gasteiger partial charge in [-0.3, -0.25) is 4.79 Å². The summed E-state index contributed by atoms with van der Waals surface area (Å²) in [5, 5.41) is 1.08. The molecule has 0 saturated heterocycles. The monoisotopic (exact) mass is 388 g/mol. The van der Waals surface area contributed by atoms with Gasteiger partial charge in [0.2, 0.25) is 0 Å². The molecule has 0 aromatic carbocycles. The molecule has 0 saturated carbocycles. The van der Waals surface area contributed by atoms with E-state index >= 15 is 0 Å². The second-order valence-electron chi connectivity index (χ2n) is 6.40. The number of esters is 1. The Kier molecular flexibility index (Phi) is 17.8. The first-order valence-electron chi connectivity index (χ1n) is 9.60. The van der Waals surface area contributed by atoms with Crippen LogP contribution in [0.25, 0.3) is 0 Å². The molecule has 0 bridgehead atoms. The SMILES string of the molecule is C=CCC(CCCCCCCC)OC(=O)CCCCCCCBr. The van der Waals surface area contributed by atoms with E-state index in [9.17, 15) is 4.79 Å². The van der Waals surface area contributed by atoms with Crippen molar-refractivity contribution in [2.75, 3.05) is 5.33 Å². The molecule has 2 nitrogen and oxygen atoms in total. The molecule has 0 aliphatic heterocycles. The topological polar surface area (TPSA) is 26.3 Å². The van der Waals surface area contributed by atoms with Crippen LogP contribution in [-0.2, 0) is 9.53 Å². The molecule has 136 valence electrons. The van der Waals surface area contributed by atoms with Crippen molar-refractivity contribution in [3.05, 3.63) is 12.7 Å². The maximum atomic E-state index is 11.9. The van der Waals surface area contributed by atoms with E-state index in [0.717, 1.165) is 37.4 Å². The molecule has 0 fully saturated rings. The number of alkyl halides is 1. The molecule has 0 aliphatic carbocycles. The summed E-state index contributed by atoms with van der Waals surface area (Å²) in [4.78, 5) is 11.9. The van der Waals surface area contributed by atoms with Gasteiger partial charge in [-0.15, -0.1) is 6.58 Å². The van der Waals surface area contributed by atoms with Crippen LogP contribution in [0.4, 0.5) is 0 Å². The Morgan fingerprint density at radius 1 is 1.00 bits per heavy atom. The minimum absolute atomic E-state index is 0.0247. The van der Waals surface area contributed by atoms with Gasteiger partial charge in [0.05, 0.1) is 0 Å². The molecule has 0 N–H and O–H groups in total. The fourth-order valence-corrected chi connectivity index (χ4v) is 3.10. The number of ether oxygens (including phenoxy) is 1. The van der Waals surface area contributed by atoms with E-state index in [1.165, 1.54) is 51.4 Å². The smallest absolute Gasteiger partial charge is 0.306 e. The Labute approximate surface area is 152 Å². The van der Waals surface area contributed by atoms with Crippen LogP contribution in [0, 0.1) is 0 Å². The molecule has 0 heterocycles. The second kappa shape index (κ2) is 18.0. The Hall–Kier alpha value is -0.310. The highest BCUT2D eigenvalue weighted by molar-refractivity contribution is 9.09. The highest BCUT2D eigenvalue weighted by atomic mass is 79.9. The van der Waals surface area contributed by atoms with Crippen LogP contribution in [0.3, 0.4) is 0 Å². The maximum absolute atomic E-state index is 11.9. The third-order valence-electron chi connectivity index (χ3n) is 4.12. The zero-order valence-corrected chi connectivity index (χ0v) is 16.7. The van der Waals surface area contributed by atoms with Gasteiger partial charge in [0.15, 0.2) is 0 Å². The molecule has 3 heteroatoms. The van der Waals surface area contributed by atoms with Gasteiger partial charge in [-0.1, -0.05) is 80.3 Å². The van der Waals surface area contributed by atoms with Crippen LogP contribution in [0.1, 0.15) is 96.8 Å². The zero-order chi connectivity index (χ0) is 17.2. The lowest BCUT2D eigenvalue weighted by Crippen LogP contribution is -2.17. The van der Waals surface area contributed by atoms with Crippen molar-refractivity contribution < 1.29 is 9.53 Å². The average molecular weight is 389 g/mol. The zero-order valence-electron chi connectivity index (χ0n) is 15.2. The van der Waals surface area contributed by atoms with Gasteiger partial charge in [0, 0.05) is 18.2 Å². The predicted molar refractivity (Wildman–Crippen MR) is 104 cm³/mol. The molecular formula is C20H37BrO2. The van der Waals surface area contributed by atoms with Crippen molar-refractivity contribution >= 4 is 21.9 Å². The first-order valence-corrected chi connectivity index (χ1v) is 10.7. The molecule has 0 amide bonds.